The highest BCUT2D eigenvalue weighted by molar-refractivity contribution is 8.13. The topological polar surface area (TPSA) is 109 Å². The Kier molecular flexibility index (Phi) is 8.37. The molecule has 1 rings (SSSR count). The lowest BCUT2D eigenvalue weighted by atomic mass is 9.96. The molecule has 0 aliphatic carbocycles. The summed E-state index contributed by atoms with van der Waals surface area (Å²) in [5, 5.41) is -0.390. The number of methoxy groups -OCH3 is 1. The van der Waals surface area contributed by atoms with Gasteiger partial charge in [-0.3, -0.25) is 14.4 Å². The molecule has 8 nitrogen and oxygen atoms in total. The van der Waals surface area contributed by atoms with Gasteiger partial charge in [0.2, 0.25) is 17.3 Å². The van der Waals surface area contributed by atoms with E-state index in [1.54, 1.807) is 59.7 Å². The van der Waals surface area contributed by atoms with E-state index in [0.717, 1.165) is 7.11 Å². The third-order valence-corrected chi connectivity index (χ3v) is 4.36. The van der Waals surface area contributed by atoms with Gasteiger partial charge >= 0.3 is 17.9 Å². The molecule has 0 aliphatic rings. The molecule has 0 radical (unpaired) electrons. The first kappa shape index (κ1) is 24.6. The van der Waals surface area contributed by atoms with Gasteiger partial charge in [-0.1, -0.05) is 6.07 Å². The molecule has 1 aromatic heterocycles. The Morgan fingerprint density at radius 1 is 0.897 bits per heavy atom. The van der Waals surface area contributed by atoms with E-state index in [1.165, 1.54) is 6.20 Å². The molecule has 160 valence electrons. The van der Waals surface area contributed by atoms with Gasteiger partial charge in [-0.2, -0.15) is 0 Å². The molecule has 0 saturated heterocycles. The second-order valence-electron chi connectivity index (χ2n) is 8.26. The summed E-state index contributed by atoms with van der Waals surface area (Å²) in [6, 6.07) is 4.93. The zero-order chi connectivity index (χ0) is 22.4. The number of pyridine rings is 1. The van der Waals surface area contributed by atoms with Crippen LogP contribution in [0, 0.1) is 10.8 Å². The summed E-state index contributed by atoms with van der Waals surface area (Å²) in [4.78, 5) is 54.1. The highest BCUT2D eigenvalue weighted by Gasteiger charge is 2.44. The predicted molar refractivity (Wildman–Crippen MR) is 106 cm³/mol. The van der Waals surface area contributed by atoms with Crippen LogP contribution < -0.4 is 0 Å². The first-order valence-corrected chi connectivity index (χ1v) is 9.71. The SMILES string of the molecule is COC(=O)[C@H](OC(=O)C(C)(C)C)[C@@H](OC(=O)C(C)(C)C)C(=O)Sc1ccccn1. The standard InChI is InChI=1S/C20H27NO7S/c1-19(2,3)17(24)27-13(15(22)26-7)14(28-18(25)20(4,5)6)16(23)29-12-10-8-9-11-21-12/h8-11,13-14H,1-7H3/t13-,14-/m1/s1. The average molecular weight is 426 g/mol. The molecule has 0 bridgehead atoms. The van der Waals surface area contributed by atoms with Gasteiger partial charge < -0.3 is 14.2 Å². The van der Waals surface area contributed by atoms with Crippen molar-refractivity contribution in [3.63, 3.8) is 0 Å². The third-order valence-electron chi connectivity index (χ3n) is 3.48. The van der Waals surface area contributed by atoms with Crippen molar-refractivity contribution in [2.24, 2.45) is 10.8 Å². The number of aromatic nitrogens is 1. The summed E-state index contributed by atoms with van der Waals surface area (Å²) in [5.41, 5.74) is -1.91. The number of hydrogen-bond acceptors (Lipinski definition) is 9. The highest BCUT2D eigenvalue weighted by atomic mass is 32.2. The average Bonchev–Trinajstić information content (AvgIpc) is 2.62. The van der Waals surface area contributed by atoms with Crippen LogP contribution in [0.5, 0.6) is 0 Å². The zero-order valence-corrected chi connectivity index (χ0v) is 18.5. The van der Waals surface area contributed by atoms with E-state index < -0.39 is 46.1 Å². The maximum absolute atomic E-state index is 12.9. The Hall–Kier alpha value is -2.42. The minimum atomic E-state index is -1.75. The lowest BCUT2D eigenvalue weighted by Gasteiger charge is -2.28. The van der Waals surface area contributed by atoms with Gasteiger partial charge in [-0.05, 0) is 65.4 Å². The van der Waals surface area contributed by atoms with Crippen molar-refractivity contribution in [3.05, 3.63) is 24.4 Å². The van der Waals surface area contributed by atoms with E-state index in [-0.39, 0.29) is 0 Å². The molecule has 0 amide bonds. The molecule has 0 N–H and O–H groups in total. The molecule has 2 atom stereocenters. The zero-order valence-electron chi connectivity index (χ0n) is 17.7. The molecule has 9 heteroatoms. The normalized spacial score (nSPS) is 13.8. The van der Waals surface area contributed by atoms with Crippen molar-refractivity contribution < 1.29 is 33.4 Å². The number of carbonyl (C=O) groups excluding carboxylic acids is 4. The minimum absolute atomic E-state index is 0.333. The van der Waals surface area contributed by atoms with Crippen LogP contribution in [0.25, 0.3) is 0 Å². The van der Waals surface area contributed by atoms with E-state index in [2.05, 4.69) is 9.72 Å². The monoisotopic (exact) mass is 425 g/mol. The van der Waals surface area contributed by atoms with Crippen LogP contribution in [0.2, 0.25) is 0 Å². The van der Waals surface area contributed by atoms with Crippen LogP contribution in [0.3, 0.4) is 0 Å². The molecule has 29 heavy (non-hydrogen) atoms. The first-order chi connectivity index (χ1) is 13.3. The Bertz CT molecular complexity index is 750. The van der Waals surface area contributed by atoms with Gasteiger partial charge in [0.05, 0.1) is 17.9 Å². The predicted octanol–water partition coefficient (Wildman–Crippen LogP) is 2.79. The summed E-state index contributed by atoms with van der Waals surface area (Å²) >= 11 is 0.669. The number of ether oxygens (including phenoxy) is 3. The van der Waals surface area contributed by atoms with Crippen molar-refractivity contribution in [2.45, 2.75) is 58.8 Å². The van der Waals surface area contributed by atoms with Gasteiger partial charge in [-0.15, -0.1) is 0 Å². The van der Waals surface area contributed by atoms with Crippen LogP contribution in [0.4, 0.5) is 0 Å². The molecular formula is C20H27NO7S. The summed E-state index contributed by atoms with van der Waals surface area (Å²) in [6.07, 6.45) is -1.96. The highest BCUT2D eigenvalue weighted by Crippen LogP contribution is 2.26. The van der Waals surface area contributed by atoms with E-state index in [9.17, 15) is 19.2 Å². The summed E-state index contributed by atoms with van der Waals surface area (Å²) in [5.74, 6) is -2.50. The first-order valence-electron chi connectivity index (χ1n) is 8.90. The van der Waals surface area contributed by atoms with E-state index in [1.807, 2.05) is 0 Å². The second-order valence-corrected chi connectivity index (χ2v) is 9.29. The van der Waals surface area contributed by atoms with Crippen molar-refractivity contribution in [3.8, 4) is 0 Å². The molecule has 0 fully saturated rings. The van der Waals surface area contributed by atoms with Crippen LogP contribution in [0.15, 0.2) is 29.4 Å². The van der Waals surface area contributed by atoms with E-state index in [4.69, 9.17) is 9.47 Å². The van der Waals surface area contributed by atoms with Gasteiger partial charge in [0.1, 0.15) is 5.03 Å². The van der Waals surface area contributed by atoms with Crippen molar-refractivity contribution in [2.75, 3.05) is 7.11 Å². The third kappa shape index (κ3) is 7.49. The maximum atomic E-state index is 12.9. The Morgan fingerprint density at radius 2 is 1.41 bits per heavy atom. The van der Waals surface area contributed by atoms with Crippen LogP contribution in [-0.2, 0) is 33.4 Å². The van der Waals surface area contributed by atoms with Gasteiger partial charge in [0.25, 0.3) is 0 Å². The van der Waals surface area contributed by atoms with Gasteiger partial charge in [0, 0.05) is 6.20 Å². The maximum Gasteiger partial charge on any atom is 0.351 e. The van der Waals surface area contributed by atoms with Crippen LogP contribution in [0.1, 0.15) is 41.5 Å². The Labute approximate surface area is 174 Å². The van der Waals surface area contributed by atoms with Gasteiger partial charge in [0.15, 0.2) is 0 Å². The van der Waals surface area contributed by atoms with E-state index in [0.29, 0.717) is 16.8 Å². The summed E-state index contributed by atoms with van der Waals surface area (Å²) < 4.78 is 15.3. The molecule has 1 aromatic rings. The quantitative estimate of drug-likeness (QED) is 0.386. The Morgan fingerprint density at radius 3 is 1.83 bits per heavy atom. The number of thioether (sulfide) groups is 1. The number of carbonyl (C=O) groups is 4. The molecule has 1 heterocycles. The molecule has 0 spiro atoms. The lowest BCUT2D eigenvalue weighted by molar-refractivity contribution is -0.188. The number of nitrogens with zero attached hydrogens (tertiary/aromatic N) is 1. The molecule has 0 aromatic carbocycles. The number of rotatable bonds is 6. The smallest absolute Gasteiger partial charge is 0.351 e. The fraction of sp³-hybridized carbons (Fsp3) is 0.550. The second kappa shape index (κ2) is 9.87. The fourth-order valence-corrected chi connectivity index (χ4v) is 2.49. The fourth-order valence-electron chi connectivity index (χ4n) is 1.74. The Balaban J connectivity index is 3.27. The summed E-state index contributed by atoms with van der Waals surface area (Å²) in [6.45, 7) is 9.55. The van der Waals surface area contributed by atoms with Crippen molar-refractivity contribution >= 4 is 34.8 Å². The van der Waals surface area contributed by atoms with Crippen molar-refractivity contribution in [1.82, 2.24) is 4.98 Å². The summed E-state index contributed by atoms with van der Waals surface area (Å²) in [7, 11) is 1.08. The largest absolute Gasteiger partial charge is 0.466 e. The van der Waals surface area contributed by atoms with Crippen LogP contribution >= 0.6 is 11.8 Å². The molecule has 0 unspecified atom stereocenters. The molecular weight excluding hydrogens is 398 g/mol. The minimum Gasteiger partial charge on any atom is -0.466 e. The van der Waals surface area contributed by atoms with Gasteiger partial charge in [-0.25, -0.2) is 9.78 Å². The van der Waals surface area contributed by atoms with E-state index >= 15 is 0 Å². The van der Waals surface area contributed by atoms with Crippen LogP contribution in [-0.4, -0.2) is 47.3 Å². The molecule has 0 saturated carbocycles. The number of esters is 3. The van der Waals surface area contributed by atoms with Crippen molar-refractivity contribution in [1.29, 1.82) is 0 Å². The molecule has 0 aliphatic heterocycles. The lowest BCUT2D eigenvalue weighted by Crippen LogP contribution is -2.48. The number of hydrogen-bond donors (Lipinski definition) is 0.